The molecule has 0 saturated carbocycles. The number of carbonyl (C=O) groups excluding carboxylic acids is 3. The molecule has 2 aromatic carbocycles. The highest BCUT2D eigenvalue weighted by molar-refractivity contribution is 5.92. The maximum Gasteiger partial charge on any atom is 0.247 e. The molecule has 1 aliphatic rings. The van der Waals surface area contributed by atoms with Crippen molar-refractivity contribution in [3.63, 3.8) is 0 Å². The Bertz CT molecular complexity index is 1070. The van der Waals surface area contributed by atoms with Crippen molar-refractivity contribution < 1.29 is 19.1 Å². The number of piperidine rings is 1. The molecule has 3 amide bonds. The summed E-state index contributed by atoms with van der Waals surface area (Å²) < 4.78 is 5.87. The molecule has 0 spiro atoms. The molecule has 1 aliphatic heterocycles. The molecule has 3 rings (SSSR count). The number of hydrogen-bond acceptors (Lipinski definition) is 6. The molecule has 38 heavy (non-hydrogen) atoms. The quantitative estimate of drug-likeness (QED) is 0.387. The number of amides is 3. The Hall–Kier alpha value is -3.27. The van der Waals surface area contributed by atoms with Crippen LogP contribution in [0.25, 0.3) is 0 Å². The van der Waals surface area contributed by atoms with Gasteiger partial charge in [-0.3, -0.25) is 19.8 Å². The van der Waals surface area contributed by atoms with Crippen molar-refractivity contribution in [3.05, 3.63) is 71.8 Å². The Balaban J connectivity index is 1.81. The second kappa shape index (κ2) is 13.0. The summed E-state index contributed by atoms with van der Waals surface area (Å²) in [5, 5.41) is 4.41. The van der Waals surface area contributed by atoms with Crippen molar-refractivity contribution in [1.82, 2.24) is 20.7 Å². The predicted molar refractivity (Wildman–Crippen MR) is 147 cm³/mol. The Morgan fingerprint density at radius 2 is 1.66 bits per heavy atom. The fourth-order valence-corrected chi connectivity index (χ4v) is 4.65. The number of ether oxygens (including phenoxy) is 1. The smallest absolute Gasteiger partial charge is 0.247 e. The molecule has 2 unspecified atom stereocenters. The van der Waals surface area contributed by atoms with Gasteiger partial charge in [-0.15, -0.1) is 0 Å². The number of hydrogen-bond donors (Lipinski definition) is 3. The number of nitrogens with one attached hydrogen (secondary N) is 2. The minimum absolute atomic E-state index is 0.0123. The van der Waals surface area contributed by atoms with Crippen LogP contribution < -0.4 is 16.5 Å². The highest BCUT2D eigenvalue weighted by Crippen LogP contribution is 2.34. The number of likely N-dealkylation sites (tertiary alicyclic amines) is 1. The second-order valence-electron chi connectivity index (χ2n) is 10.9. The molecule has 0 radical (unpaired) electrons. The van der Waals surface area contributed by atoms with E-state index < -0.39 is 22.9 Å². The van der Waals surface area contributed by atoms with Gasteiger partial charge in [0.1, 0.15) is 6.04 Å². The standard InChI is InChI=1S/C29H41N5O4/c1-28(2,30)26(36)31-24(20-38-19-23-14-9-6-10-15-23)25(35)34-17-11-16-29(21-34,27(37)32-33(3)4)18-22-12-7-5-8-13-22/h5-10,12-15,24H,11,16-21,30H2,1-4H3,(H,31,36)(H,32,37). The Morgan fingerprint density at radius 1 is 1.05 bits per heavy atom. The molecule has 1 saturated heterocycles. The van der Waals surface area contributed by atoms with Crippen LogP contribution in [0.1, 0.15) is 37.8 Å². The largest absolute Gasteiger partial charge is 0.374 e. The minimum atomic E-state index is -1.16. The molecule has 0 bridgehead atoms. The highest BCUT2D eigenvalue weighted by Gasteiger charge is 2.45. The summed E-state index contributed by atoms with van der Waals surface area (Å²) in [7, 11) is 3.54. The number of nitrogens with two attached hydrogens (primary N) is 1. The highest BCUT2D eigenvalue weighted by atomic mass is 16.5. The molecular formula is C29H41N5O4. The van der Waals surface area contributed by atoms with Gasteiger partial charge < -0.3 is 20.7 Å². The summed E-state index contributed by atoms with van der Waals surface area (Å²) in [6.45, 7) is 4.19. The fraction of sp³-hybridized carbons (Fsp3) is 0.483. The van der Waals surface area contributed by atoms with E-state index in [1.807, 2.05) is 60.7 Å². The van der Waals surface area contributed by atoms with Gasteiger partial charge >= 0.3 is 0 Å². The summed E-state index contributed by atoms with van der Waals surface area (Å²) in [6, 6.07) is 18.5. The maximum atomic E-state index is 13.8. The summed E-state index contributed by atoms with van der Waals surface area (Å²) in [5.74, 6) is -0.865. The van der Waals surface area contributed by atoms with E-state index in [1.165, 1.54) is 0 Å². The topological polar surface area (TPSA) is 117 Å². The van der Waals surface area contributed by atoms with Crippen LogP contribution in [-0.4, -0.2) is 73.0 Å². The van der Waals surface area contributed by atoms with Gasteiger partial charge in [0.15, 0.2) is 0 Å². The molecule has 206 valence electrons. The van der Waals surface area contributed by atoms with Gasteiger partial charge in [-0.25, -0.2) is 5.01 Å². The van der Waals surface area contributed by atoms with Crippen LogP contribution in [0.5, 0.6) is 0 Å². The molecule has 0 aliphatic carbocycles. The van der Waals surface area contributed by atoms with Crippen molar-refractivity contribution in [2.24, 2.45) is 11.1 Å². The third kappa shape index (κ3) is 8.11. The molecule has 9 heteroatoms. The zero-order chi connectivity index (χ0) is 27.8. The van der Waals surface area contributed by atoms with Gasteiger partial charge in [0.25, 0.3) is 0 Å². The van der Waals surface area contributed by atoms with E-state index in [0.29, 0.717) is 32.4 Å². The third-order valence-electron chi connectivity index (χ3n) is 6.67. The van der Waals surface area contributed by atoms with E-state index in [-0.39, 0.29) is 25.0 Å². The van der Waals surface area contributed by atoms with Crippen molar-refractivity contribution in [2.45, 2.75) is 51.3 Å². The molecule has 1 fully saturated rings. The van der Waals surface area contributed by atoms with Gasteiger partial charge in [0, 0.05) is 27.2 Å². The average Bonchev–Trinajstić information content (AvgIpc) is 2.88. The zero-order valence-electron chi connectivity index (χ0n) is 22.9. The first-order chi connectivity index (χ1) is 18.0. The first kappa shape index (κ1) is 29.3. The van der Waals surface area contributed by atoms with Crippen LogP contribution in [0.3, 0.4) is 0 Å². The Kier molecular flexibility index (Phi) is 10.0. The number of carbonyl (C=O) groups is 3. The van der Waals surface area contributed by atoms with Crippen molar-refractivity contribution in [1.29, 1.82) is 0 Å². The predicted octanol–water partition coefficient (Wildman–Crippen LogP) is 1.87. The van der Waals surface area contributed by atoms with Crippen molar-refractivity contribution in [2.75, 3.05) is 33.8 Å². The van der Waals surface area contributed by atoms with Crippen LogP contribution in [0.15, 0.2) is 60.7 Å². The van der Waals surface area contributed by atoms with Crippen LogP contribution in [-0.2, 0) is 32.1 Å². The lowest BCUT2D eigenvalue weighted by atomic mass is 9.74. The van der Waals surface area contributed by atoms with Gasteiger partial charge in [0.05, 0.1) is 24.2 Å². The SMILES string of the molecule is CN(C)NC(=O)C1(Cc2ccccc2)CCCN(C(=O)C(COCc2ccccc2)NC(=O)C(C)(C)N)C1. The van der Waals surface area contributed by atoms with Crippen LogP contribution >= 0.6 is 0 Å². The number of rotatable bonds is 11. The lowest BCUT2D eigenvalue weighted by Crippen LogP contribution is -2.61. The minimum Gasteiger partial charge on any atom is -0.374 e. The number of nitrogens with zero attached hydrogens (tertiary/aromatic N) is 2. The molecular weight excluding hydrogens is 482 g/mol. The molecule has 9 nitrogen and oxygen atoms in total. The second-order valence-corrected chi connectivity index (χ2v) is 10.9. The van der Waals surface area contributed by atoms with Crippen LogP contribution in [0, 0.1) is 5.41 Å². The summed E-state index contributed by atoms with van der Waals surface area (Å²) >= 11 is 0. The molecule has 1 heterocycles. The summed E-state index contributed by atoms with van der Waals surface area (Å²) in [6.07, 6.45) is 1.80. The monoisotopic (exact) mass is 523 g/mol. The van der Waals surface area contributed by atoms with Crippen molar-refractivity contribution >= 4 is 17.7 Å². The van der Waals surface area contributed by atoms with Gasteiger partial charge in [-0.2, -0.15) is 0 Å². The normalized spacial score (nSPS) is 18.6. The molecule has 4 N–H and O–H groups in total. The first-order valence-corrected chi connectivity index (χ1v) is 13.0. The molecule has 2 aromatic rings. The number of hydrazine groups is 1. The van der Waals surface area contributed by atoms with E-state index in [0.717, 1.165) is 11.1 Å². The maximum absolute atomic E-state index is 13.8. The van der Waals surface area contributed by atoms with E-state index in [9.17, 15) is 14.4 Å². The Morgan fingerprint density at radius 3 is 2.24 bits per heavy atom. The van der Waals surface area contributed by atoms with Crippen LogP contribution in [0.4, 0.5) is 0 Å². The van der Waals surface area contributed by atoms with Crippen molar-refractivity contribution in [3.8, 4) is 0 Å². The van der Waals surface area contributed by atoms with E-state index in [2.05, 4.69) is 10.7 Å². The van der Waals surface area contributed by atoms with Crippen LogP contribution in [0.2, 0.25) is 0 Å². The summed E-state index contributed by atoms with van der Waals surface area (Å²) in [5.41, 5.74) is 8.93. The Labute approximate surface area is 225 Å². The number of benzene rings is 2. The van der Waals surface area contributed by atoms with Gasteiger partial charge in [-0.05, 0) is 44.2 Å². The first-order valence-electron chi connectivity index (χ1n) is 13.0. The molecule has 0 aromatic heterocycles. The van der Waals surface area contributed by atoms with E-state index >= 15 is 0 Å². The third-order valence-corrected chi connectivity index (χ3v) is 6.67. The fourth-order valence-electron chi connectivity index (χ4n) is 4.65. The van der Waals surface area contributed by atoms with Gasteiger partial charge in [-0.1, -0.05) is 60.7 Å². The van der Waals surface area contributed by atoms with E-state index in [1.54, 1.807) is 37.9 Å². The lowest BCUT2D eigenvalue weighted by molar-refractivity contribution is -0.147. The average molecular weight is 524 g/mol. The summed E-state index contributed by atoms with van der Waals surface area (Å²) in [4.78, 5) is 41.8. The zero-order valence-corrected chi connectivity index (χ0v) is 22.9. The lowest BCUT2D eigenvalue weighted by Gasteiger charge is -2.43. The van der Waals surface area contributed by atoms with E-state index in [4.69, 9.17) is 10.5 Å². The molecule has 2 atom stereocenters. The van der Waals surface area contributed by atoms with Gasteiger partial charge in [0.2, 0.25) is 17.7 Å².